The van der Waals surface area contributed by atoms with Crippen molar-refractivity contribution in [2.75, 3.05) is 12.4 Å². The van der Waals surface area contributed by atoms with Crippen molar-refractivity contribution in [3.8, 4) is 11.8 Å². The van der Waals surface area contributed by atoms with Gasteiger partial charge in [-0.3, -0.25) is 4.79 Å². The van der Waals surface area contributed by atoms with E-state index in [1.165, 1.54) is 0 Å². The van der Waals surface area contributed by atoms with Crippen LogP contribution >= 0.6 is 0 Å². The number of nitrogens with zero attached hydrogens (tertiary/aromatic N) is 2. The summed E-state index contributed by atoms with van der Waals surface area (Å²) < 4.78 is 9.85. The van der Waals surface area contributed by atoms with Crippen LogP contribution in [0.15, 0.2) is 28.8 Å². The van der Waals surface area contributed by atoms with Crippen LogP contribution in [0.4, 0.5) is 5.69 Å². The maximum atomic E-state index is 12.0. The Hall–Kier alpha value is -2.81. The Bertz CT molecular complexity index is 638. The van der Waals surface area contributed by atoms with Crippen LogP contribution in [0.1, 0.15) is 21.8 Å². The van der Waals surface area contributed by atoms with Crippen molar-refractivity contribution in [2.45, 2.75) is 6.92 Å². The zero-order valence-electron chi connectivity index (χ0n) is 10.4. The SMILES string of the molecule is COc1ccc(NC(=O)c2c(C#N)noc2C)cc1. The number of hydrogen-bond donors (Lipinski definition) is 1. The molecule has 0 unspecified atom stereocenters. The van der Waals surface area contributed by atoms with Gasteiger partial charge in [0.1, 0.15) is 23.1 Å². The molecule has 96 valence electrons. The molecular weight excluding hydrogens is 246 g/mol. The minimum Gasteiger partial charge on any atom is -0.497 e. The monoisotopic (exact) mass is 257 g/mol. The molecule has 19 heavy (non-hydrogen) atoms. The molecular formula is C13H11N3O3. The maximum Gasteiger partial charge on any atom is 0.262 e. The number of carbonyl (C=O) groups excluding carboxylic acids is 1. The summed E-state index contributed by atoms with van der Waals surface area (Å²) in [7, 11) is 1.56. The molecule has 0 aliphatic carbocycles. The van der Waals surface area contributed by atoms with E-state index in [4.69, 9.17) is 14.5 Å². The summed E-state index contributed by atoms with van der Waals surface area (Å²) in [4.78, 5) is 12.0. The van der Waals surface area contributed by atoms with Gasteiger partial charge in [-0.1, -0.05) is 5.16 Å². The van der Waals surface area contributed by atoms with Gasteiger partial charge in [0.25, 0.3) is 5.91 Å². The first-order valence-electron chi connectivity index (χ1n) is 5.47. The number of benzene rings is 1. The zero-order valence-corrected chi connectivity index (χ0v) is 10.4. The second-order valence-electron chi connectivity index (χ2n) is 3.76. The van der Waals surface area contributed by atoms with Crippen LogP contribution in [-0.4, -0.2) is 18.2 Å². The molecule has 2 rings (SSSR count). The van der Waals surface area contributed by atoms with Gasteiger partial charge >= 0.3 is 0 Å². The summed E-state index contributed by atoms with van der Waals surface area (Å²) in [5, 5.41) is 15.0. The van der Waals surface area contributed by atoms with E-state index in [2.05, 4.69) is 10.5 Å². The molecule has 1 aromatic heterocycles. The van der Waals surface area contributed by atoms with Gasteiger partial charge in [-0.25, -0.2) is 0 Å². The minimum atomic E-state index is -0.430. The van der Waals surface area contributed by atoms with Gasteiger partial charge in [0, 0.05) is 5.69 Å². The molecule has 0 atom stereocenters. The Balaban J connectivity index is 2.21. The van der Waals surface area contributed by atoms with Gasteiger partial charge in [-0.05, 0) is 31.2 Å². The average Bonchev–Trinajstić information content (AvgIpc) is 2.80. The number of methoxy groups -OCH3 is 1. The fraction of sp³-hybridized carbons (Fsp3) is 0.154. The molecule has 1 heterocycles. The molecule has 1 N–H and O–H groups in total. The Kier molecular flexibility index (Phi) is 3.48. The van der Waals surface area contributed by atoms with Crippen LogP contribution in [0.5, 0.6) is 5.75 Å². The van der Waals surface area contributed by atoms with E-state index < -0.39 is 5.91 Å². The Morgan fingerprint density at radius 2 is 2.11 bits per heavy atom. The van der Waals surface area contributed by atoms with E-state index in [0.29, 0.717) is 17.2 Å². The number of amides is 1. The number of hydrogen-bond acceptors (Lipinski definition) is 5. The van der Waals surface area contributed by atoms with Crippen molar-refractivity contribution in [1.29, 1.82) is 5.26 Å². The number of ether oxygens (including phenoxy) is 1. The van der Waals surface area contributed by atoms with Gasteiger partial charge in [0.15, 0.2) is 5.69 Å². The topological polar surface area (TPSA) is 88.1 Å². The van der Waals surface area contributed by atoms with Crippen molar-refractivity contribution in [3.05, 3.63) is 41.3 Å². The summed E-state index contributed by atoms with van der Waals surface area (Å²) >= 11 is 0. The van der Waals surface area contributed by atoms with E-state index in [0.717, 1.165) is 0 Å². The van der Waals surface area contributed by atoms with Crippen LogP contribution in [0.3, 0.4) is 0 Å². The number of aromatic nitrogens is 1. The minimum absolute atomic E-state index is 0.0245. The molecule has 0 saturated carbocycles. The fourth-order valence-electron chi connectivity index (χ4n) is 1.58. The van der Waals surface area contributed by atoms with Crippen molar-refractivity contribution in [3.63, 3.8) is 0 Å². The second kappa shape index (κ2) is 5.23. The third-order valence-corrected chi connectivity index (χ3v) is 2.54. The summed E-state index contributed by atoms with van der Waals surface area (Å²) in [6, 6.07) is 8.66. The molecule has 0 spiro atoms. The summed E-state index contributed by atoms with van der Waals surface area (Å²) in [6.07, 6.45) is 0. The lowest BCUT2D eigenvalue weighted by atomic mass is 10.2. The highest BCUT2D eigenvalue weighted by molar-refractivity contribution is 6.06. The highest BCUT2D eigenvalue weighted by Crippen LogP contribution is 2.18. The molecule has 0 bridgehead atoms. The molecule has 0 aliphatic heterocycles. The predicted octanol–water partition coefficient (Wildman–Crippen LogP) is 2.12. The molecule has 0 fully saturated rings. The smallest absolute Gasteiger partial charge is 0.262 e. The lowest BCUT2D eigenvalue weighted by Gasteiger charge is -2.05. The first kappa shape index (κ1) is 12.6. The van der Waals surface area contributed by atoms with Crippen LogP contribution in [0.25, 0.3) is 0 Å². The number of anilines is 1. The summed E-state index contributed by atoms with van der Waals surface area (Å²) in [5.41, 5.74) is 0.720. The van der Waals surface area contributed by atoms with Crippen molar-refractivity contribution in [1.82, 2.24) is 5.16 Å². The van der Waals surface area contributed by atoms with Crippen LogP contribution in [0, 0.1) is 18.3 Å². The van der Waals surface area contributed by atoms with Gasteiger partial charge in [-0.2, -0.15) is 5.26 Å². The molecule has 6 heteroatoms. The molecule has 0 aliphatic rings. The first-order valence-corrected chi connectivity index (χ1v) is 5.47. The number of rotatable bonds is 3. The third-order valence-electron chi connectivity index (χ3n) is 2.54. The molecule has 6 nitrogen and oxygen atoms in total. The summed E-state index contributed by atoms with van der Waals surface area (Å²) in [5.74, 6) is 0.569. The molecule has 1 amide bonds. The highest BCUT2D eigenvalue weighted by atomic mass is 16.5. The zero-order chi connectivity index (χ0) is 13.8. The van der Waals surface area contributed by atoms with E-state index >= 15 is 0 Å². The number of carbonyl (C=O) groups is 1. The van der Waals surface area contributed by atoms with Crippen molar-refractivity contribution in [2.24, 2.45) is 0 Å². The summed E-state index contributed by atoms with van der Waals surface area (Å²) in [6.45, 7) is 1.58. The lowest BCUT2D eigenvalue weighted by molar-refractivity contribution is 0.102. The van der Waals surface area contributed by atoms with Crippen molar-refractivity contribution >= 4 is 11.6 Å². The van der Waals surface area contributed by atoms with E-state index in [9.17, 15) is 4.79 Å². The third kappa shape index (κ3) is 2.55. The molecule has 2 aromatic rings. The first-order chi connectivity index (χ1) is 9.15. The number of nitrogens with one attached hydrogen (secondary N) is 1. The molecule has 0 radical (unpaired) electrons. The standard InChI is InChI=1S/C13H11N3O3/c1-8-12(11(7-14)16-19-8)13(17)15-9-3-5-10(18-2)6-4-9/h3-6H,1-2H3,(H,15,17). The lowest BCUT2D eigenvalue weighted by Crippen LogP contribution is -2.13. The van der Waals surface area contributed by atoms with E-state index in [-0.39, 0.29) is 11.3 Å². The Morgan fingerprint density at radius 3 is 2.68 bits per heavy atom. The van der Waals surface area contributed by atoms with Gasteiger partial charge < -0.3 is 14.6 Å². The number of aryl methyl sites for hydroxylation is 1. The molecule has 0 saturated heterocycles. The quantitative estimate of drug-likeness (QED) is 0.909. The van der Waals surface area contributed by atoms with Crippen LogP contribution in [-0.2, 0) is 0 Å². The maximum absolute atomic E-state index is 12.0. The van der Waals surface area contributed by atoms with Crippen LogP contribution < -0.4 is 10.1 Å². The average molecular weight is 257 g/mol. The van der Waals surface area contributed by atoms with Gasteiger partial charge in [0.2, 0.25) is 0 Å². The second-order valence-corrected chi connectivity index (χ2v) is 3.76. The van der Waals surface area contributed by atoms with Gasteiger partial charge in [-0.15, -0.1) is 0 Å². The molecule has 1 aromatic carbocycles. The largest absolute Gasteiger partial charge is 0.497 e. The fourth-order valence-corrected chi connectivity index (χ4v) is 1.58. The predicted molar refractivity (Wildman–Crippen MR) is 66.9 cm³/mol. The number of nitriles is 1. The van der Waals surface area contributed by atoms with Crippen LogP contribution in [0.2, 0.25) is 0 Å². The van der Waals surface area contributed by atoms with Gasteiger partial charge in [0.05, 0.1) is 7.11 Å². The van der Waals surface area contributed by atoms with E-state index in [1.807, 2.05) is 6.07 Å². The Morgan fingerprint density at radius 1 is 1.42 bits per heavy atom. The normalized spacial score (nSPS) is 9.74. The Labute approximate surface area is 109 Å². The van der Waals surface area contributed by atoms with Crippen molar-refractivity contribution < 1.29 is 14.1 Å². The highest BCUT2D eigenvalue weighted by Gasteiger charge is 2.20. The van der Waals surface area contributed by atoms with E-state index in [1.54, 1.807) is 38.3 Å².